The minimum Gasteiger partial charge on any atom is -0.451 e. The Morgan fingerprint density at radius 1 is 1.06 bits per heavy atom. The van der Waals surface area contributed by atoms with Gasteiger partial charge < -0.3 is 10.1 Å². The molecule has 2 heterocycles. The van der Waals surface area contributed by atoms with Crippen LogP contribution in [0.4, 0.5) is 5.69 Å². The van der Waals surface area contributed by atoms with Gasteiger partial charge in [-0.15, -0.1) is 11.3 Å². The number of thiophene rings is 1. The number of fused-ring (bicyclic) bond motifs is 1. The van der Waals surface area contributed by atoms with E-state index in [2.05, 4.69) is 10.4 Å². The SMILES string of the molecule is Cc1nn(-c2ccccc2Cl)c2sc(C(=O)OCC(=O)Nc3ccc(Cl)c(Cl)c3)cc12. The molecule has 0 aliphatic rings. The number of aryl methyl sites for hydroxylation is 1. The van der Waals surface area contributed by atoms with Gasteiger partial charge in [0.2, 0.25) is 0 Å². The first-order valence-corrected chi connectivity index (χ1v) is 10.9. The van der Waals surface area contributed by atoms with Crippen LogP contribution in [-0.2, 0) is 9.53 Å². The Labute approximate surface area is 196 Å². The molecule has 1 amide bonds. The minimum absolute atomic E-state index is 0.310. The predicted octanol–water partition coefficient (Wildman–Crippen LogP) is 6.15. The maximum atomic E-state index is 12.5. The number of esters is 1. The van der Waals surface area contributed by atoms with Crippen molar-refractivity contribution in [3.8, 4) is 5.69 Å². The summed E-state index contributed by atoms with van der Waals surface area (Å²) in [6.45, 7) is 1.41. The van der Waals surface area contributed by atoms with Crippen molar-refractivity contribution in [2.45, 2.75) is 6.92 Å². The summed E-state index contributed by atoms with van der Waals surface area (Å²) in [4.78, 5) is 25.7. The first-order chi connectivity index (χ1) is 14.8. The van der Waals surface area contributed by atoms with E-state index in [1.165, 1.54) is 17.4 Å². The second kappa shape index (κ2) is 8.88. The lowest BCUT2D eigenvalue weighted by Crippen LogP contribution is -2.20. The number of nitrogens with zero attached hydrogens (tertiary/aromatic N) is 2. The molecule has 6 nitrogen and oxygen atoms in total. The van der Waals surface area contributed by atoms with Crippen LogP contribution in [-0.4, -0.2) is 28.3 Å². The summed E-state index contributed by atoms with van der Waals surface area (Å²) in [7, 11) is 0. The summed E-state index contributed by atoms with van der Waals surface area (Å²) in [5.41, 5.74) is 1.92. The van der Waals surface area contributed by atoms with E-state index in [0.717, 1.165) is 15.9 Å². The zero-order valence-corrected chi connectivity index (χ0v) is 19.1. The molecule has 158 valence electrons. The Balaban J connectivity index is 1.48. The third kappa shape index (κ3) is 4.55. The number of hydrogen-bond acceptors (Lipinski definition) is 5. The summed E-state index contributed by atoms with van der Waals surface area (Å²) in [5, 5.41) is 9.17. The standard InChI is InChI=1S/C21H14Cl3N3O3S/c1-11-13-9-18(31-20(13)27(26-11)17-5-3-2-4-15(17)23)21(29)30-10-19(28)25-12-6-7-14(22)16(24)8-12/h2-9H,10H2,1H3,(H,25,28). The molecule has 0 fully saturated rings. The van der Waals surface area contributed by atoms with E-state index in [1.807, 2.05) is 25.1 Å². The van der Waals surface area contributed by atoms with E-state index in [1.54, 1.807) is 28.9 Å². The molecular formula is C21H14Cl3N3O3S. The molecule has 0 bridgehead atoms. The molecular weight excluding hydrogens is 481 g/mol. The minimum atomic E-state index is -0.601. The topological polar surface area (TPSA) is 73.2 Å². The molecule has 31 heavy (non-hydrogen) atoms. The maximum absolute atomic E-state index is 12.5. The number of nitrogens with one attached hydrogen (secondary N) is 1. The second-order valence-electron chi connectivity index (χ2n) is 6.53. The van der Waals surface area contributed by atoms with Gasteiger partial charge in [0.1, 0.15) is 9.71 Å². The van der Waals surface area contributed by atoms with Crippen LogP contribution in [0.25, 0.3) is 15.9 Å². The molecule has 0 saturated heterocycles. The monoisotopic (exact) mass is 493 g/mol. The largest absolute Gasteiger partial charge is 0.451 e. The maximum Gasteiger partial charge on any atom is 0.348 e. The number of amides is 1. The number of carbonyl (C=O) groups excluding carboxylic acids is 2. The van der Waals surface area contributed by atoms with Crippen molar-refractivity contribution < 1.29 is 14.3 Å². The molecule has 0 aliphatic heterocycles. The molecule has 1 N–H and O–H groups in total. The number of benzene rings is 2. The van der Waals surface area contributed by atoms with Crippen molar-refractivity contribution in [3.05, 3.63) is 74.2 Å². The van der Waals surface area contributed by atoms with Gasteiger partial charge in [0, 0.05) is 11.1 Å². The lowest BCUT2D eigenvalue weighted by Gasteiger charge is -2.07. The number of carbonyl (C=O) groups is 2. The van der Waals surface area contributed by atoms with Crippen LogP contribution in [0.2, 0.25) is 15.1 Å². The van der Waals surface area contributed by atoms with Crippen molar-refractivity contribution in [1.82, 2.24) is 9.78 Å². The van der Waals surface area contributed by atoms with Gasteiger partial charge in [-0.2, -0.15) is 5.10 Å². The summed E-state index contributed by atoms with van der Waals surface area (Å²) in [6, 6.07) is 13.7. The number of aromatic nitrogens is 2. The Kier molecular flexibility index (Phi) is 6.20. The van der Waals surface area contributed by atoms with Crippen molar-refractivity contribution in [3.63, 3.8) is 0 Å². The summed E-state index contributed by atoms with van der Waals surface area (Å²) in [5.74, 6) is -1.10. The van der Waals surface area contributed by atoms with Gasteiger partial charge in [-0.05, 0) is 43.3 Å². The van der Waals surface area contributed by atoms with Crippen LogP contribution >= 0.6 is 46.1 Å². The molecule has 0 radical (unpaired) electrons. The summed E-state index contributed by atoms with van der Waals surface area (Å²) < 4.78 is 6.87. The van der Waals surface area contributed by atoms with Crippen molar-refractivity contribution in [2.75, 3.05) is 11.9 Å². The van der Waals surface area contributed by atoms with Crippen LogP contribution in [0.5, 0.6) is 0 Å². The molecule has 0 aliphatic carbocycles. The highest BCUT2D eigenvalue weighted by atomic mass is 35.5. The van der Waals surface area contributed by atoms with E-state index >= 15 is 0 Å². The van der Waals surface area contributed by atoms with Gasteiger partial charge in [0.25, 0.3) is 5.91 Å². The first kappa shape index (κ1) is 21.6. The van der Waals surface area contributed by atoms with Gasteiger partial charge in [-0.25, -0.2) is 9.48 Å². The van der Waals surface area contributed by atoms with Crippen molar-refractivity contribution >= 4 is 73.9 Å². The molecule has 4 rings (SSSR count). The fourth-order valence-corrected chi connectivity index (χ4v) is 4.49. The zero-order valence-electron chi connectivity index (χ0n) is 16.0. The molecule has 4 aromatic rings. The van der Waals surface area contributed by atoms with Gasteiger partial charge in [0.15, 0.2) is 6.61 Å². The summed E-state index contributed by atoms with van der Waals surface area (Å²) >= 11 is 19.3. The molecule has 0 unspecified atom stereocenters. The van der Waals surface area contributed by atoms with Crippen LogP contribution in [0.3, 0.4) is 0 Å². The molecule has 2 aromatic carbocycles. The fraction of sp³-hybridized carbons (Fsp3) is 0.0952. The van der Waals surface area contributed by atoms with Crippen molar-refractivity contribution in [1.29, 1.82) is 0 Å². The number of anilines is 1. The smallest absolute Gasteiger partial charge is 0.348 e. The van der Waals surface area contributed by atoms with Crippen LogP contribution in [0.15, 0.2) is 48.5 Å². The van der Waals surface area contributed by atoms with E-state index in [0.29, 0.717) is 31.3 Å². The van der Waals surface area contributed by atoms with Crippen molar-refractivity contribution in [2.24, 2.45) is 0 Å². The Morgan fingerprint density at radius 2 is 1.84 bits per heavy atom. The van der Waals surface area contributed by atoms with Gasteiger partial charge in [0.05, 0.1) is 26.4 Å². The van der Waals surface area contributed by atoms with Gasteiger partial charge in [-0.3, -0.25) is 4.79 Å². The lowest BCUT2D eigenvalue weighted by molar-refractivity contribution is -0.119. The third-order valence-electron chi connectivity index (χ3n) is 4.36. The number of rotatable bonds is 5. The highest BCUT2D eigenvalue weighted by Gasteiger charge is 2.20. The van der Waals surface area contributed by atoms with Gasteiger partial charge in [-0.1, -0.05) is 46.9 Å². The van der Waals surface area contributed by atoms with E-state index < -0.39 is 18.5 Å². The molecule has 2 aromatic heterocycles. The average Bonchev–Trinajstić information content (AvgIpc) is 3.30. The van der Waals surface area contributed by atoms with Gasteiger partial charge >= 0.3 is 5.97 Å². The number of para-hydroxylation sites is 1. The molecule has 0 spiro atoms. The Morgan fingerprint density at radius 3 is 2.58 bits per heavy atom. The van der Waals surface area contributed by atoms with Crippen LogP contribution < -0.4 is 5.32 Å². The first-order valence-electron chi connectivity index (χ1n) is 8.99. The Bertz CT molecular complexity index is 1320. The second-order valence-corrected chi connectivity index (χ2v) is 8.78. The summed E-state index contributed by atoms with van der Waals surface area (Å²) in [6.07, 6.45) is 0. The fourth-order valence-electron chi connectivity index (χ4n) is 2.91. The van der Waals surface area contributed by atoms with Crippen LogP contribution in [0, 0.1) is 6.92 Å². The number of halogens is 3. The van der Waals surface area contributed by atoms with E-state index in [4.69, 9.17) is 39.5 Å². The number of ether oxygens (including phenoxy) is 1. The molecule has 0 saturated carbocycles. The highest BCUT2D eigenvalue weighted by molar-refractivity contribution is 7.20. The normalized spacial score (nSPS) is 11.0. The Hall–Kier alpha value is -2.58. The average molecular weight is 495 g/mol. The lowest BCUT2D eigenvalue weighted by atomic mass is 10.3. The predicted molar refractivity (Wildman–Crippen MR) is 124 cm³/mol. The molecule has 0 atom stereocenters. The molecule has 10 heteroatoms. The quantitative estimate of drug-likeness (QED) is 0.338. The number of hydrogen-bond donors (Lipinski definition) is 1. The zero-order chi connectivity index (χ0) is 22.1. The van der Waals surface area contributed by atoms with E-state index in [-0.39, 0.29) is 0 Å². The van der Waals surface area contributed by atoms with Crippen LogP contribution in [0.1, 0.15) is 15.4 Å². The highest BCUT2D eigenvalue weighted by Crippen LogP contribution is 2.32. The van der Waals surface area contributed by atoms with E-state index in [9.17, 15) is 9.59 Å². The third-order valence-corrected chi connectivity index (χ3v) is 6.51.